The van der Waals surface area contributed by atoms with Crippen LogP contribution in [0.2, 0.25) is 0 Å². The van der Waals surface area contributed by atoms with E-state index < -0.39 is 0 Å². The zero-order valence-corrected chi connectivity index (χ0v) is 10.5. The summed E-state index contributed by atoms with van der Waals surface area (Å²) in [4.78, 5) is 13.3. The molecule has 2 aromatic heterocycles. The normalized spacial score (nSPS) is 17.6. The van der Waals surface area contributed by atoms with Gasteiger partial charge in [0.1, 0.15) is 0 Å². The van der Waals surface area contributed by atoms with Gasteiger partial charge < -0.3 is 24.9 Å². The molecule has 3 rings (SSSR count). The Hall–Kier alpha value is -1.93. The summed E-state index contributed by atoms with van der Waals surface area (Å²) in [5, 5.41) is 3.97. The van der Waals surface area contributed by atoms with E-state index in [1.54, 1.807) is 12.5 Å². The molecule has 0 spiro atoms. The quantitative estimate of drug-likeness (QED) is 0.792. The van der Waals surface area contributed by atoms with E-state index >= 15 is 0 Å². The van der Waals surface area contributed by atoms with Crippen molar-refractivity contribution in [1.82, 2.24) is 20.1 Å². The van der Waals surface area contributed by atoms with E-state index in [2.05, 4.69) is 20.1 Å². The van der Waals surface area contributed by atoms with Gasteiger partial charge in [-0.3, -0.25) is 0 Å². The molecule has 1 atom stereocenters. The van der Waals surface area contributed by atoms with Crippen LogP contribution in [0.1, 0.15) is 17.6 Å². The van der Waals surface area contributed by atoms with Crippen LogP contribution in [0.25, 0.3) is 0 Å². The molecule has 0 amide bonds. The van der Waals surface area contributed by atoms with E-state index in [1.807, 2.05) is 4.90 Å². The largest absolute Gasteiger partial charge is 0.378 e. The third kappa shape index (κ3) is 2.74. The third-order valence-electron chi connectivity index (χ3n) is 3.04. The first kappa shape index (κ1) is 12.1. The second-order valence-corrected chi connectivity index (χ2v) is 4.42. The van der Waals surface area contributed by atoms with Gasteiger partial charge in [0.05, 0.1) is 25.6 Å². The second kappa shape index (κ2) is 5.37. The van der Waals surface area contributed by atoms with Crippen molar-refractivity contribution in [2.75, 3.05) is 31.2 Å². The molecule has 1 aliphatic heterocycles. The molecule has 0 bridgehead atoms. The van der Waals surface area contributed by atoms with E-state index in [0.717, 1.165) is 18.8 Å². The lowest BCUT2D eigenvalue weighted by atomic mass is 10.2. The zero-order valence-electron chi connectivity index (χ0n) is 10.5. The van der Waals surface area contributed by atoms with Crippen molar-refractivity contribution in [3.8, 4) is 0 Å². The first-order valence-corrected chi connectivity index (χ1v) is 6.22. The van der Waals surface area contributed by atoms with Crippen LogP contribution >= 0.6 is 0 Å². The summed E-state index contributed by atoms with van der Waals surface area (Å²) in [6.07, 6.45) is 3.94. The third-order valence-corrected chi connectivity index (χ3v) is 3.04. The van der Waals surface area contributed by atoms with Crippen molar-refractivity contribution in [3.05, 3.63) is 24.1 Å². The Balaban J connectivity index is 1.66. The minimum absolute atomic E-state index is 0.331. The molecule has 1 aliphatic rings. The number of hydrogen-bond acceptors (Lipinski definition) is 7. The van der Waals surface area contributed by atoms with Crippen molar-refractivity contribution in [1.29, 1.82) is 0 Å². The summed E-state index contributed by atoms with van der Waals surface area (Å²) in [6.45, 7) is 2.91. The fraction of sp³-hybridized carbons (Fsp3) is 0.545. The Kier molecular flexibility index (Phi) is 3.43. The van der Waals surface area contributed by atoms with Gasteiger partial charge in [-0.15, -0.1) is 0 Å². The maximum Gasteiger partial charge on any atom is 0.266 e. The lowest BCUT2D eigenvalue weighted by Crippen LogP contribution is -2.36. The SMILES string of the molecule is NC(Cc1cnc[nH]1)c1nc(N2CCOCC2)no1. The molecule has 3 heterocycles. The van der Waals surface area contributed by atoms with Gasteiger partial charge in [0.15, 0.2) is 0 Å². The topological polar surface area (TPSA) is 106 Å². The molecule has 0 aliphatic carbocycles. The lowest BCUT2D eigenvalue weighted by molar-refractivity contribution is 0.121. The number of imidazole rings is 1. The van der Waals surface area contributed by atoms with Crippen LogP contribution in [0.15, 0.2) is 17.0 Å². The Bertz CT molecular complexity index is 505. The number of nitrogens with zero attached hydrogens (tertiary/aromatic N) is 4. The molecule has 8 nitrogen and oxygen atoms in total. The Morgan fingerprint density at radius 2 is 2.26 bits per heavy atom. The maximum absolute atomic E-state index is 6.04. The fourth-order valence-corrected chi connectivity index (χ4v) is 1.99. The van der Waals surface area contributed by atoms with Crippen LogP contribution in [-0.2, 0) is 11.2 Å². The average molecular weight is 264 g/mol. The van der Waals surface area contributed by atoms with Gasteiger partial charge in [0.2, 0.25) is 5.89 Å². The standard InChI is InChI=1S/C11H16N6O2/c12-9(5-8-6-13-7-14-8)10-15-11(16-19-10)17-1-3-18-4-2-17/h6-7,9H,1-5,12H2,(H,13,14). The minimum Gasteiger partial charge on any atom is -0.378 e. The van der Waals surface area contributed by atoms with Gasteiger partial charge in [-0.1, -0.05) is 0 Å². The number of nitrogens with two attached hydrogens (primary N) is 1. The molecular formula is C11H16N6O2. The molecule has 0 saturated carbocycles. The average Bonchev–Trinajstić information content (AvgIpc) is 3.10. The Labute approximate surface area is 109 Å². The minimum atomic E-state index is -0.331. The van der Waals surface area contributed by atoms with Gasteiger partial charge in [-0.25, -0.2) is 4.98 Å². The number of aromatic amines is 1. The van der Waals surface area contributed by atoms with Crippen LogP contribution in [0.5, 0.6) is 0 Å². The molecule has 0 radical (unpaired) electrons. The summed E-state index contributed by atoms with van der Waals surface area (Å²) in [6, 6.07) is -0.331. The van der Waals surface area contributed by atoms with E-state index in [1.165, 1.54) is 0 Å². The van der Waals surface area contributed by atoms with Crippen LogP contribution < -0.4 is 10.6 Å². The van der Waals surface area contributed by atoms with Crippen molar-refractivity contribution in [2.45, 2.75) is 12.5 Å². The van der Waals surface area contributed by atoms with E-state index in [4.69, 9.17) is 15.0 Å². The number of anilines is 1. The number of morpholine rings is 1. The van der Waals surface area contributed by atoms with Crippen molar-refractivity contribution < 1.29 is 9.26 Å². The molecule has 1 unspecified atom stereocenters. The highest BCUT2D eigenvalue weighted by atomic mass is 16.5. The molecular weight excluding hydrogens is 248 g/mol. The Morgan fingerprint density at radius 1 is 1.42 bits per heavy atom. The molecule has 8 heteroatoms. The molecule has 1 fully saturated rings. The number of rotatable bonds is 4. The van der Waals surface area contributed by atoms with Crippen LogP contribution in [-0.4, -0.2) is 46.4 Å². The number of nitrogens with one attached hydrogen (secondary N) is 1. The second-order valence-electron chi connectivity index (χ2n) is 4.42. The van der Waals surface area contributed by atoms with Crippen molar-refractivity contribution in [2.24, 2.45) is 5.73 Å². The highest BCUT2D eigenvalue weighted by Gasteiger charge is 2.20. The predicted molar refractivity (Wildman–Crippen MR) is 66.6 cm³/mol. The molecule has 3 N–H and O–H groups in total. The van der Waals surface area contributed by atoms with Crippen molar-refractivity contribution >= 4 is 5.95 Å². The molecule has 19 heavy (non-hydrogen) atoms. The Morgan fingerprint density at radius 3 is 3.00 bits per heavy atom. The van der Waals surface area contributed by atoms with Crippen LogP contribution in [0, 0.1) is 0 Å². The van der Waals surface area contributed by atoms with E-state index in [9.17, 15) is 0 Å². The van der Waals surface area contributed by atoms with Gasteiger partial charge in [-0.2, -0.15) is 4.98 Å². The highest BCUT2D eigenvalue weighted by molar-refractivity contribution is 5.28. The molecule has 2 aromatic rings. The summed E-state index contributed by atoms with van der Waals surface area (Å²) >= 11 is 0. The number of H-pyrrole nitrogens is 1. The highest BCUT2D eigenvalue weighted by Crippen LogP contribution is 2.17. The molecule has 0 aromatic carbocycles. The summed E-state index contributed by atoms with van der Waals surface area (Å²) in [5.74, 6) is 1.02. The maximum atomic E-state index is 6.04. The lowest BCUT2D eigenvalue weighted by Gasteiger charge is -2.24. The fourth-order valence-electron chi connectivity index (χ4n) is 1.99. The van der Waals surface area contributed by atoms with E-state index in [0.29, 0.717) is 31.5 Å². The first-order valence-electron chi connectivity index (χ1n) is 6.22. The number of hydrogen-bond donors (Lipinski definition) is 2. The summed E-state index contributed by atoms with van der Waals surface area (Å²) < 4.78 is 10.5. The van der Waals surface area contributed by atoms with Gasteiger partial charge >= 0.3 is 0 Å². The predicted octanol–water partition coefficient (Wildman–Crippen LogP) is -0.128. The van der Waals surface area contributed by atoms with Gasteiger partial charge in [-0.05, 0) is 5.16 Å². The van der Waals surface area contributed by atoms with Gasteiger partial charge in [0, 0.05) is 31.4 Å². The van der Waals surface area contributed by atoms with E-state index in [-0.39, 0.29) is 6.04 Å². The monoisotopic (exact) mass is 264 g/mol. The number of ether oxygens (including phenoxy) is 1. The first-order chi connectivity index (χ1) is 9.33. The zero-order chi connectivity index (χ0) is 13.1. The van der Waals surface area contributed by atoms with Crippen LogP contribution in [0.4, 0.5) is 5.95 Å². The van der Waals surface area contributed by atoms with Crippen molar-refractivity contribution in [3.63, 3.8) is 0 Å². The van der Waals surface area contributed by atoms with Crippen LogP contribution in [0.3, 0.4) is 0 Å². The van der Waals surface area contributed by atoms with Gasteiger partial charge in [0.25, 0.3) is 5.95 Å². The summed E-state index contributed by atoms with van der Waals surface area (Å²) in [5.41, 5.74) is 6.99. The molecule has 1 saturated heterocycles. The summed E-state index contributed by atoms with van der Waals surface area (Å²) in [7, 11) is 0. The number of aromatic nitrogens is 4. The molecule has 102 valence electrons. The smallest absolute Gasteiger partial charge is 0.266 e.